The lowest BCUT2D eigenvalue weighted by atomic mass is 9.91. The van der Waals surface area contributed by atoms with Crippen LogP contribution in [0.4, 0.5) is 0 Å². The Labute approximate surface area is 157 Å². The maximum absolute atomic E-state index is 4.41. The molecule has 4 heteroatoms. The van der Waals surface area contributed by atoms with Crippen LogP contribution in [0, 0.1) is 5.92 Å². The first kappa shape index (κ1) is 18.5. The molecular weight excluding hydrogens is 320 g/mol. The summed E-state index contributed by atoms with van der Waals surface area (Å²) in [5, 5.41) is 7.03. The van der Waals surface area contributed by atoms with E-state index in [0.717, 1.165) is 19.0 Å². The molecule has 1 saturated heterocycles. The molecule has 1 aliphatic heterocycles. The summed E-state index contributed by atoms with van der Waals surface area (Å²) in [6, 6.07) is 21.4. The molecule has 2 aromatic rings. The van der Waals surface area contributed by atoms with Gasteiger partial charge in [0.2, 0.25) is 0 Å². The number of nitrogens with one attached hydrogen (secondary N) is 2. The van der Waals surface area contributed by atoms with Crippen LogP contribution in [0.1, 0.15) is 23.5 Å². The fourth-order valence-electron chi connectivity index (χ4n) is 3.65. The molecule has 26 heavy (non-hydrogen) atoms. The van der Waals surface area contributed by atoms with Crippen LogP contribution in [-0.2, 0) is 0 Å². The molecule has 0 radical (unpaired) electrons. The van der Waals surface area contributed by atoms with Crippen LogP contribution in [0.2, 0.25) is 0 Å². The van der Waals surface area contributed by atoms with E-state index in [4.69, 9.17) is 0 Å². The lowest BCUT2D eigenvalue weighted by Crippen LogP contribution is -2.41. The lowest BCUT2D eigenvalue weighted by molar-refractivity contribution is 0.394. The lowest BCUT2D eigenvalue weighted by Gasteiger charge is -2.21. The maximum Gasteiger partial charge on any atom is 0.191 e. The van der Waals surface area contributed by atoms with Gasteiger partial charge in [0.15, 0.2) is 5.96 Å². The Kier molecular flexibility index (Phi) is 6.67. The Morgan fingerprint density at radius 2 is 1.65 bits per heavy atom. The van der Waals surface area contributed by atoms with Crippen molar-refractivity contribution in [3.8, 4) is 0 Å². The highest BCUT2D eigenvalue weighted by molar-refractivity contribution is 5.79. The van der Waals surface area contributed by atoms with E-state index in [-0.39, 0.29) is 0 Å². The summed E-state index contributed by atoms with van der Waals surface area (Å²) in [7, 11) is 4.04. The molecule has 0 aromatic heterocycles. The van der Waals surface area contributed by atoms with Crippen molar-refractivity contribution in [2.75, 3.05) is 40.3 Å². The largest absolute Gasteiger partial charge is 0.356 e. The number of hydrogen-bond acceptors (Lipinski definition) is 2. The summed E-state index contributed by atoms with van der Waals surface area (Å²) >= 11 is 0. The average Bonchev–Trinajstić information content (AvgIpc) is 3.11. The minimum absolute atomic E-state index is 0.300. The second kappa shape index (κ2) is 9.39. The van der Waals surface area contributed by atoms with Gasteiger partial charge < -0.3 is 15.5 Å². The Hall–Kier alpha value is -2.33. The Balaban J connectivity index is 1.61. The Morgan fingerprint density at radius 3 is 2.15 bits per heavy atom. The topological polar surface area (TPSA) is 39.7 Å². The molecule has 1 atom stereocenters. The van der Waals surface area contributed by atoms with Crippen molar-refractivity contribution in [1.82, 2.24) is 15.5 Å². The van der Waals surface area contributed by atoms with Crippen LogP contribution in [0.15, 0.2) is 65.7 Å². The van der Waals surface area contributed by atoms with E-state index in [9.17, 15) is 0 Å². The van der Waals surface area contributed by atoms with Crippen molar-refractivity contribution in [2.45, 2.75) is 12.3 Å². The number of guanidine groups is 1. The van der Waals surface area contributed by atoms with Gasteiger partial charge in [-0.2, -0.15) is 0 Å². The number of rotatable bonds is 6. The average molecular weight is 351 g/mol. The van der Waals surface area contributed by atoms with Crippen molar-refractivity contribution in [3.63, 3.8) is 0 Å². The summed E-state index contributed by atoms with van der Waals surface area (Å²) < 4.78 is 0. The van der Waals surface area contributed by atoms with E-state index in [1.165, 1.54) is 30.6 Å². The molecule has 1 fully saturated rings. The van der Waals surface area contributed by atoms with Crippen LogP contribution in [0.3, 0.4) is 0 Å². The molecule has 0 saturated carbocycles. The van der Waals surface area contributed by atoms with Crippen LogP contribution in [0.5, 0.6) is 0 Å². The minimum atomic E-state index is 0.300. The van der Waals surface area contributed by atoms with Gasteiger partial charge in [0.25, 0.3) is 0 Å². The summed E-state index contributed by atoms with van der Waals surface area (Å²) in [5.41, 5.74) is 2.64. The van der Waals surface area contributed by atoms with Crippen LogP contribution in [0.25, 0.3) is 0 Å². The molecule has 2 N–H and O–H groups in total. The van der Waals surface area contributed by atoms with Crippen LogP contribution < -0.4 is 10.6 Å². The fraction of sp³-hybridized carbons (Fsp3) is 0.409. The molecular formula is C22H30N4. The van der Waals surface area contributed by atoms with E-state index in [2.05, 4.69) is 88.2 Å². The second-order valence-electron chi connectivity index (χ2n) is 7.12. The highest BCUT2D eigenvalue weighted by Crippen LogP contribution is 2.23. The summed E-state index contributed by atoms with van der Waals surface area (Å²) in [6.45, 7) is 4.16. The molecule has 2 aromatic carbocycles. The van der Waals surface area contributed by atoms with E-state index in [0.29, 0.717) is 11.8 Å². The monoisotopic (exact) mass is 350 g/mol. The zero-order valence-electron chi connectivity index (χ0n) is 15.9. The standard InChI is InChI=1S/C22H30N4/c1-23-22(24-15-18-13-14-26(2)17-18)25-16-21(19-9-5-3-6-10-19)20-11-7-4-8-12-20/h3-12,18,21H,13-17H2,1-2H3,(H2,23,24,25). The zero-order chi connectivity index (χ0) is 18.2. The highest BCUT2D eigenvalue weighted by Gasteiger charge is 2.20. The van der Waals surface area contributed by atoms with Crippen molar-refractivity contribution in [2.24, 2.45) is 10.9 Å². The van der Waals surface area contributed by atoms with E-state index in [1.807, 2.05) is 7.05 Å². The van der Waals surface area contributed by atoms with Gasteiger partial charge in [-0.3, -0.25) is 4.99 Å². The van der Waals surface area contributed by atoms with Gasteiger partial charge in [-0.1, -0.05) is 60.7 Å². The van der Waals surface area contributed by atoms with E-state index >= 15 is 0 Å². The number of likely N-dealkylation sites (tertiary alicyclic amines) is 1. The van der Waals surface area contributed by atoms with E-state index in [1.54, 1.807) is 0 Å². The highest BCUT2D eigenvalue weighted by atomic mass is 15.2. The van der Waals surface area contributed by atoms with Gasteiger partial charge in [-0.25, -0.2) is 0 Å². The minimum Gasteiger partial charge on any atom is -0.356 e. The van der Waals surface area contributed by atoms with Crippen molar-refractivity contribution in [3.05, 3.63) is 71.8 Å². The third kappa shape index (κ3) is 5.09. The molecule has 0 bridgehead atoms. The first-order valence-electron chi connectivity index (χ1n) is 9.49. The van der Waals surface area contributed by atoms with Gasteiger partial charge in [0, 0.05) is 32.6 Å². The normalized spacial score (nSPS) is 18.3. The van der Waals surface area contributed by atoms with Crippen molar-refractivity contribution < 1.29 is 0 Å². The molecule has 4 nitrogen and oxygen atoms in total. The Bertz CT molecular complexity index is 644. The first-order valence-corrected chi connectivity index (χ1v) is 9.49. The van der Waals surface area contributed by atoms with Gasteiger partial charge in [0.05, 0.1) is 0 Å². The van der Waals surface area contributed by atoms with Crippen LogP contribution in [-0.4, -0.2) is 51.1 Å². The third-order valence-electron chi connectivity index (χ3n) is 5.15. The maximum atomic E-state index is 4.41. The smallest absolute Gasteiger partial charge is 0.191 e. The molecule has 3 rings (SSSR count). The van der Waals surface area contributed by atoms with Crippen molar-refractivity contribution >= 4 is 5.96 Å². The molecule has 1 aliphatic rings. The fourth-order valence-corrected chi connectivity index (χ4v) is 3.65. The van der Waals surface area contributed by atoms with Gasteiger partial charge in [0.1, 0.15) is 0 Å². The summed E-state index contributed by atoms with van der Waals surface area (Å²) in [4.78, 5) is 6.80. The SMILES string of the molecule is CN=C(NCC1CCN(C)C1)NCC(c1ccccc1)c1ccccc1. The van der Waals surface area contributed by atoms with Gasteiger partial charge in [-0.15, -0.1) is 0 Å². The Morgan fingerprint density at radius 1 is 1.04 bits per heavy atom. The summed E-state index contributed by atoms with van der Waals surface area (Å²) in [6.07, 6.45) is 1.26. The molecule has 1 unspecified atom stereocenters. The molecule has 1 heterocycles. The predicted octanol–water partition coefficient (Wildman–Crippen LogP) is 2.94. The number of aliphatic imine (C=N–C) groups is 1. The van der Waals surface area contributed by atoms with Gasteiger partial charge >= 0.3 is 0 Å². The molecule has 0 spiro atoms. The van der Waals surface area contributed by atoms with Crippen molar-refractivity contribution in [1.29, 1.82) is 0 Å². The molecule has 0 aliphatic carbocycles. The number of benzene rings is 2. The third-order valence-corrected chi connectivity index (χ3v) is 5.15. The molecule has 0 amide bonds. The number of nitrogens with zero attached hydrogens (tertiary/aromatic N) is 2. The first-order chi connectivity index (χ1) is 12.8. The molecule has 138 valence electrons. The zero-order valence-corrected chi connectivity index (χ0v) is 15.9. The summed E-state index contributed by atoms with van der Waals surface area (Å²) in [5.74, 6) is 1.89. The number of hydrogen-bond donors (Lipinski definition) is 2. The van der Waals surface area contributed by atoms with E-state index < -0.39 is 0 Å². The van der Waals surface area contributed by atoms with Crippen LogP contribution >= 0.6 is 0 Å². The second-order valence-corrected chi connectivity index (χ2v) is 7.12. The predicted molar refractivity (Wildman–Crippen MR) is 110 cm³/mol. The quantitative estimate of drug-likeness (QED) is 0.622. The van der Waals surface area contributed by atoms with Gasteiger partial charge in [-0.05, 0) is 37.1 Å².